The number of rotatable bonds is 3. The minimum atomic E-state index is -0.491. The minimum absolute atomic E-state index is 0.214. The molecule has 2 unspecified atom stereocenters. The number of amides is 1. The Hall–Kier alpha value is -2.50. The zero-order chi connectivity index (χ0) is 18.6. The first-order valence-corrected chi connectivity index (χ1v) is 9.72. The molecule has 0 N–H and O–H groups in total. The highest BCUT2D eigenvalue weighted by Crippen LogP contribution is 2.50. The van der Waals surface area contributed by atoms with E-state index in [0.717, 1.165) is 42.9 Å². The van der Waals surface area contributed by atoms with Gasteiger partial charge in [-0.1, -0.05) is 19.0 Å². The fourth-order valence-corrected chi connectivity index (χ4v) is 4.52. The Morgan fingerprint density at radius 1 is 1.11 bits per heavy atom. The Labute approximate surface area is 158 Å². The number of nitrogens with zero attached hydrogens (tertiary/aromatic N) is 2. The van der Waals surface area contributed by atoms with Gasteiger partial charge in [0, 0.05) is 24.7 Å². The van der Waals surface area contributed by atoms with Gasteiger partial charge in [-0.25, -0.2) is 0 Å². The number of carbonyl (C=O) groups is 1. The van der Waals surface area contributed by atoms with E-state index in [4.69, 9.17) is 14.0 Å². The molecular formula is C21H24N2O4. The highest BCUT2D eigenvalue weighted by Gasteiger charge is 2.55. The van der Waals surface area contributed by atoms with Gasteiger partial charge in [-0.05, 0) is 49.3 Å². The number of hydrogen-bond acceptors (Lipinski definition) is 5. The van der Waals surface area contributed by atoms with Gasteiger partial charge in [0.2, 0.25) is 12.7 Å². The van der Waals surface area contributed by atoms with E-state index in [0.29, 0.717) is 23.3 Å². The number of fused-ring (bicyclic) bond motifs is 1. The summed E-state index contributed by atoms with van der Waals surface area (Å²) in [6.07, 6.45) is 2.88. The smallest absolute Gasteiger partial charge is 0.234 e. The van der Waals surface area contributed by atoms with E-state index in [1.807, 2.05) is 29.2 Å². The zero-order valence-corrected chi connectivity index (χ0v) is 15.7. The first-order chi connectivity index (χ1) is 13.0. The summed E-state index contributed by atoms with van der Waals surface area (Å²) in [7, 11) is 0. The van der Waals surface area contributed by atoms with Crippen molar-refractivity contribution < 1.29 is 18.8 Å². The highest BCUT2D eigenvalue weighted by molar-refractivity contribution is 5.91. The van der Waals surface area contributed by atoms with Crippen molar-refractivity contribution in [2.45, 2.75) is 38.5 Å². The van der Waals surface area contributed by atoms with Gasteiger partial charge in [0.25, 0.3) is 0 Å². The second kappa shape index (κ2) is 6.01. The van der Waals surface area contributed by atoms with E-state index in [1.165, 1.54) is 6.42 Å². The predicted molar refractivity (Wildman–Crippen MR) is 98.5 cm³/mol. The quantitative estimate of drug-likeness (QED) is 0.828. The second-order valence-electron chi connectivity index (χ2n) is 8.38. The molecule has 3 heterocycles. The van der Waals surface area contributed by atoms with Crippen LogP contribution in [0.5, 0.6) is 11.5 Å². The third kappa shape index (κ3) is 2.78. The fourth-order valence-electron chi connectivity index (χ4n) is 4.52. The molecule has 1 saturated carbocycles. The Balaban J connectivity index is 1.40. The highest BCUT2D eigenvalue weighted by atomic mass is 16.7. The lowest BCUT2D eigenvalue weighted by molar-refractivity contribution is -0.136. The van der Waals surface area contributed by atoms with Crippen LogP contribution in [0.15, 0.2) is 28.8 Å². The fraction of sp³-hybridized carbons (Fsp3) is 0.524. The summed E-state index contributed by atoms with van der Waals surface area (Å²) in [5, 5.41) is 4.28. The molecule has 1 amide bonds. The van der Waals surface area contributed by atoms with Crippen LogP contribution in [-0.4, -0.2) is 35.8 Å². The van der Waals surface area contributed by atoms with Crippen molar-refractivity contribution in [3.8, 4) is 22.8 Å². The summed E-state index contributed by atoms with van der Waals surface area (Å²) < 4.78 is 16.4. The average Bonchev–Trinajstić information content (AvgIpc) is 3.09. The van der Waals surface area contributed by atoms with Crippen molar-refractivity contribution in [2.75, 3.05) is 19.9 Å². The Kier molecular flexibility index (Phi) is 3.71. The minimum Gasteiger partial charge on any atom is -0.454 e. The van der Waals surface area contributed by atoms with Crippen LogP contribution in [0.3, 0.4) is 0 Å². The molecule has 2 aliphatic heterocycles. The zero-order valence-electron chi connectivity index (χ0n) is 15.7. The van der Waals surface area contributed by atoms with Crippen LogP contribution in [0.1, 0.15) is 38.8 Å². The maximum atomic E-state index is 13.3. The molecule has 0 spiro atoms. The summed E-state index contributed by atoms with van der Waals surface area (Å²) in [5.74, 6) is 3.42. The molecule has 6 heteroatoms. The Morgan fingerprint density at radius 2 is 1.85 bits per heavy atom. The van der Waals surface area contributed by atoms with Gasteiger partial charge in [-0.3, -0.25) is 4.79 Å². The van der Waals surface area contributed by atoms with E-state index in [9.17, 15) is 4.79 Å². The number of likely N-dealkylation sites (tertiary alicyclic amines) is 1. The Morgan fingerprint density at radius 3 is 2.59 bits per heavy atom. The molecular weight excluding hydrogens is 344 g/mol. The van der Waals surface area contributed by atoms with E-state index in [2.05, 4.69) is 19.0 Å². The summed E-state index contributed by atoms with van der Waals surface area (Å²) in [6, 6.07) is 7.60. The standard InChI is InChI=1S/C21H24N2O4/c1-13-7-14(2)11-23(10-13)20(24)21(5-6-21)19-9-17(27-22-19)15-3-4-16-18(8-15)26-12-25-16/h3-4,8-9,13-14H,5-7,10-12H2,1-2H3. The van der Waals surface area contributed by atoms with Crippen molar-refractivity contribution in [1.29, 1.82) is 0 Å². The third-order valence-electron chi connectivity index (χ3n) is 5.97. The molecule has 5 rings (SSSR count). The number of ether oxygens (including phenoxy) is 2. The first-order valence-electron chi connectivity index (χ1n) is 9.72. The van der Waals surface area contributed by atoms with Gasteiger partial charge >= 0.3 is 0 Å². The molecule has 3 aliphatic rings. The average molecular weight is 368 g/mol. The molecule has 2 fully saturated rings. The van der Waals surface area contributed by atoms with Crippen molar-refractivity contribution >= 4 is 5.91 Å². The van der Waals surface area contributed by atoms with Crippen molar-refractivity contribution in [2.24, 2.45) is 11.8 Å². The number of benzene rings is 1. The summed E-state index contributed by atoms with van der Waals surface area (Å²) in [5.41, 5.74) is 1.14. The van der Waals surface area contributed by atoms with Gasteiger partial charge in [0.1, 0.15) is 0 Å². The van der Waals surface area contributed by atoms with Crippen molar-refractivity contribution in [3.63, 3.8) is 0 Å². The number of carbonyl (C=O) groups excluding carboxylic acids is 1. The lowest BCUT2D eigenvalue weighted by Crippen LogP contribution is -2.47. The van der Waals surface area contributed by atoms with Gasteiger partial charge in [-0.2, -0.15) is 0 Å². The maximum absolute atomic E-state index is 13.3. The molecule has 1 aromatic carbocycles. The van der Waals surface area contributed by atoms with Crippen LogP contribution in [-0.2, 0) is 10.2 Å². The monoisotopic (exact) mass is 368 g/mol. The normalized spacial score (nSPS) is 25.5. The third-order valence-corrected chi connectivity index (χ3v) is 5.97. The van der Waals surface area contributed by atoms with Crippen LogP contribution in [0.2, 0.25) is 0 Å². The van der Waals surface area contributed by atoms with Crippen LogP contribution in [0.4, 0.5) is 0 Å². The van der Waals surface area contributed by atoms with Crippen LogP contribution >= 0.6 is 0 Å². The molecule has 1 saturated heterocycles. The predicted octanol–water partition coefficient (Wildman–Crippen LogP) is 3.61. The molecule has 1 aliphatic carbocycles. The molecule has 142 valence electrons. The second-order valence-corrected chi connectivity index (χ2v) is 8.38. The van der Waals surface area contributed by atoms with Crippen molar-refractivity contribution in [1.82, 2.24) is 10.1 Å². The van der Waals surface area contributed by atoms with Gasteiger partial charge < -0.3 is 18.9 Å². The molecule has 0 bridgehead atoms. The largest absolute Gasteiger partial charge is 0.454 e. The van der Waals surface area contributed by atoms with Crippen LogP contribution in [0, 0.1) is 11.8 Å². The molecule has 0 radical (unpaired) electrons. The number of piperidine rings is 1. The van der Waals surface area contributed by atoms with Gasteiger partial charge in [0.15, 0.2) is 17.3 Å². The molecule has 2 aromatic rings. The van der Waals surface area contributed by atoms with Crippen molar-refractivity contribution in [3.05, 3.63) is 30.0 Å². The van der Waals surface area contributed by atoms with Crippen LogP contribution < -0.4 is 9.47 Å². The topological polar surface area (TPSA) is 64.8 Å². The summed E-state index contributed by atoms with van der Waals surface area (Å²) >= 11 is 0. The maximum Gasteiger partial charge on any atom is 0.234 e. The van der Waals surface area contributed by atoms with E-state index in [1.54, 1.807) is 0 Å². The van der Waals surface area contributed by atoms with Crippen LogP contribution in [0.25, 0.3) is 11.3 Å². The van der Waals surface area contributed by atoms with Gasteiger partial charge in [-0.15, -0.1) is 0 Å². The first kappa shape index (κ1) is 16.7. The SMILES string of the molecule is CC1CC(C)CN(C(=O)C2(c3cc(-c4ccc5c(c4)OCO5)on3)CC2)C1. The van der Waals surface area contributed by atoms with E-state index in [-0.39, 0.29) is 12.7 Å². The molecule has 2 atom stereocenters. The van der Waals surface area contributed by atoms with E-state index < -0.39 is 5.41 Å². The number of hydrogen-bond donors (Lipinski definition) is 0. The van der Waals surface area contributed by atoms with Gasteiger partial charge in [0.05, 0.1) is 11.1 Å². The lowest BCUT2D eigenvalue weighted by Gasteiger charge is -2.36. The Bertz CT molecular complexity index is 876. The number of aromatic nitrogens is 1. The molecule has 1 aromatic heterocycles. The van der Waals surface area contributed by atoms with E-state index >= 15 is 0 Å². The lowest BCUT2D eigenvalue weighted by atomic mass is 9.90. The molecule has 27 heavy (non-hydrogen) atoms. The molecule has 6 nitrogen and oxygen atoms in total. The summed E-state index contributed by atoms with van der Waals surface area (Å²) in [4.78, 5) is 15.3. The summed E-state index contributed by atoms with van der Waals surface area (Å²) in [6.45, 7) is 6.38.